The van der Waals surface area contributed by atoms with Gasteiger partial charge in [-0.05, 0) is 25.1 Å². The van der Waals surface area contributed by atoms with Gasteiger partial charge in [0, 0.05) is 12.3 Å². The largest absolute Gasteiger partial charge is 0.465 e. The monoisotopic (exact) mass is 545 g/mol. The van der Waals surface area contributed by atoms with Crippen LogP contribution >= 0.6 is 11.8 Å². The number of hydrogen-bond donors (Lipinski definition) is 1. The van der Waals surface area contributed by atoms with Crippen LogP contribution in [0.15, 0.2) is 55.9 Å². The molecule has 196 valence electrons. The second-order valence-corrected chi connectivity index (χ2v) is 7.97. The molecule has 3 rings (SSSR count). The van der Waals surface area contributed by atoms with Gasteiger partial charge in [0.25, 0.3) is 11.2 Å². The summed E-state index contributed by atoms with van der Waals surface area (Å²) < 4.78 is 63.7. The number of carbonyl (C=O) groups is 1. The van der Waals surface area contributed by atoms with Gasteiger partial charge in [-0.3, -0.25) is 14.9 Å². The Morgan fingerprint density at radius 1 is 1.24 bits per heavy atom. The Balaban J connectivity index is 2.13. The fourth-order valence-electron chi connectivity index (χ4n) is 2.93. The second kappa shape index (κ2) is 10.7. The number of nitro benzene ring substituents is 1. The number of carbonyl (C=O) groups excluding carboxylic acids is 1. The number of aromatic nitrogens is 3. The van der Waals surface area contributed by atoms with Crippen molar-refractivity contribution in [1.29, 1.82) is 0 Å². The number of halogens is 4. The van der Waals surface area contributed by atoms with Crippen LogP contribution in [0.4, 0.5) is 23.2 Å². The zero-order chi connectivity index (χ0) is 27.5. The highest BCUT2D eigenvalue weighted by Gasteiger charge is 2.36. The van der Waals surface area contributed by atoms with Crippen molar-refractivity contribution in [2.24, 2.45) is 0 Å². The Labute approximate surface area is 207 Å². The molecule has 1 aromatic carbocycles. The number of hydrogen-bond acceptors (Lipinski definition) is 10. The molecule has 0 unspecified atom stereocenters. The smallest absolute Gasteiger partial charge is 0.433 e. The lowest BCUT2D eigenvalue weighted by atomic mass is 10.2. The van der Waals surface area contributed by atoms with Gasteiger partial charge in [0.2, 0.25) is 5.88 Å². The number of ether oxygens (including phenoxy) is 2. The van der Waals surface area contributed by atoms with E-state index in [1.165, 1.54) is 18.3 Å². The molecule has 3 aromatic rings. The summed E-state index contributed by atoms with van der Waals surface area (Å²) in [4.78, 5) is 50.7. The Bertz CT molecular complexity index is 1490. The van der Waals surface area contributed by atoms with Crippen molar-refractivity contribution < 1.29 is 36.8 Å². The number of esters is 1. The zero-order valence-corrected chi connectivity index (χ0v) is 19.3. The molecular formula is C20H15F4N5O7S. The third-order valence-corrected chi connectivity index (χ3v) is 5.56. The fourth-order valence-corrected chi connectivity index (χ4v) is 3.93. The summed E-state index contributed by atoms with van der Waals surface area (Å²) in [6.07, 6.45) is -3.87. The maximum Gasteiger partial charge on any atom is 0.433 e. The van der Waals surface area contributed by atoms with Crippen LogP contribution in [0, 0.1) is 15.9 Å². The van der Waals surface area contributed by atoms with Gasteiger partial charge in [0.1, 0.15) is 0 Å². The van der Waals surface area contributed by atoms with Crippen molar-refractivity contribution in [3.8, 4) is 11.6 Å². The molecule has 0 aliphatic rings. The van der Waals surface area contributed by atoms with E-state index in [2.05, 4.69) is 4.98 Å². The third-order valence-electron chi connectivity index (χ3n) is 4.48. The standard InChI is InChI=1S/C20H15F4N5O7S/c1-2-35-17(31)9-36-18-13(4-3-5-26-18)37-14-7-11(10(21)6-12(14)29(33)34)27-16(30)8-15(20(22,23)24)28(25)19(27)32/h3-8H,2,9,25H2,1H3. The second-order valence-electron chi connectivity index (χ2n) is 6.88. The molecule has 37 heavy (non-hydrogen) atoms. The average Bonchev–Trinajstić information content (AvgIpc) is 2.82. The van der Waals surface area contributed by atoms with Crippen molar-refractivity contribution in [1.82, 2.24) is 14.2 Å². The molecule has 2 N–H and O–H groups in total. The minimum atomic E-state index is -5.17. The number of nitrogens with two attached hydrogens (primary N) is 1. The van der Waals surface area contributed by atoms with Crippen LogP contribution < -0.4 is 21.8 Å². The highest BCUT2D eigenvalue weighted by Crippen LogP contribution is 2.40. The van der Waals surface area contributed by atoms with Gasteiger partial charge < -0.3 is 15.3 Å². The molecule has 12 nitrogen and oxygen atoms in total. The molecule has 2 heterocycles. The maximum absolute atomic E-state index is 14.8. The summed E-state index contributed by atoms with van der Waals surface area (Å²) in [5, 5.41) is 11.6. The first-order chi connectivity index (χ1) is 17.3. The van der Waals surface area contributed by atoms with Crippen molar-refractivity contribution in [2.75, 3.05) is 19.1 Å². The van der Waals surface area contributed by atoms with Crippen LogP contribution in [0.2, 0.25) is 0 Å². The van der Waals surface area contributed by atoms with Crippen LogP contribution in [-0.2, 0) is 15.7 Å². The van der Waals surface area contributed by atoms with E-state index in [4.69, 9.17) is 15.3 Å². The lowest BCUT2D eigenvalue weighted by Crippen LogP contribution is -2.45. The summed E-state index contributed by atoms with van der Waals surface area (Å²) in [5.74, 6) is 2.85. The Kier molecular flexibility index (Phi) is 7.85. The predicted molar refractivity (Wildman–Crippen MR) is 119 cm³/mol. The van der Waals surface area contributed by atoms with E-state index < -0.39 is 62.5 Å². The first-order valence-electron chi connectivity index (χ1n) is 9.96. The van der Waals surface area contributed by atoms with Gasteiger partial charge in [-0.1, -0.05) is 11.8 Å². The zero-order valence-electron chi connectivity index (χ0n) is 18.5. The molecule has 0 aliphatic carbocycles. The lowest BCUT2D eigenvalue weighted by Gasteiger charge is -2.15. The van der Waals surface area contributed by atoms with Crippen LogP contribution in [0.5, 0.6) is 5.88 Å². The van der Waals surface area contributed by atoms with Gasteiger partial charge in [-0.15, -0.1) is 0 Å². The molecule has 2 aromatic heterocycles. The van der Waals surface area contributed by atoms with Gasteiger partial charge in [0.05, 0.1) is 33.1 Å². The van der Waals surface area contributed by atoms with E-state index in [0.29, 0.717) is 17.8 Å². The van der Waals surface area contributed by atoms with E-state index in [1.54, 1.807) is 6.92 Å². The summed E-state index contributed by atoms with van der Waals surface area (Å²) >= 11 is 0.592. The quantitative estimate of drug-likeness (QED) is 0.146. The first kappa shape index (κ1) is 27.2. The van der Waals surface area contributed by atoms with Crippen LogP contribution in [0.3, 0.4) is 0 Å². The molecule has 17 heteroatoms. The highest BCUT2D eigenvalue weighted by molar-refractivity contribution is 7.99. The number of benzene rings is 1. The minimum Gasteiger partial charge on any atom is -0.465 e. The van der Waals surface area contributed by atoms with Crippen molar-refractivity contribution >= 4 is 23.4 Å². The third kappa shape index (κ3) is 5.88. The number of pyridine rings is 1. The van der Waals surface area contributed by atoms with Gasteiger partial charge in [-0.2, -0.15) is 13.2 Å². The predicted octanol–water partition coefficient (Wildman–Crippen LogP) is 2.27. The fraction of sp³-hybridized carbons (Fsp3) is 0.200. The normalized spacial score (nSPS) is 11.3. The minimum absolute atomic E-state index is 0.000230. The summed E-state index contributed by atoms with van der Waals surface area (Å²) in [6, 6.07) is 3.90. The maximum atomic E-state index is 14.8. The van der Waals surface area contributed by atoms with Crippen LogP contribution in [-0.4, -0.2) is 38.3 Å². The molecule has 0 amide bonds. The van der Waals surface area contributed by atoms with E-state index in [0.717, 1.165) is 6.07 Å². The number of nitrogens with zero attached hydrogens (tertiary/aromatic N) is 4. The van der Waals surface area contributed by atoms with Crippen LogP contribution in [0.25, 0.3) is 5.69 Å². The van der Waals surface area contributed by atoms with Crippen molar-refractivity contribution in [3.63, 3.8) is 0 Å². The molecular weight excluding hydrogens is 530 g/mol. The van der Waals surface area contributed by atoms with Crippen molar-refractivity contribution in [2.45, 2.75) is 22.9 Å². The topological polar surface area (TPSA) is 162 Å². The molecule has 0 spiro atoms. The van der Waals surface area contributed by atoms with Crippen LogP contribution in [0.1, 0.15) is 12.6 Å². The number of alkyl halides is 3. The molecule has 0 saturated heterocycles. The van der Waals surface area contributed by atoms with Crippen molar-refractivity contribution in [3.05, 3.63) is 79.0 Å². The summed E-state index contributed by atoms with van der Waals surface area (Å²) in [5.41, 5.74) is -6.81. The molecule has 0 bridgehead atoms. The van der Waals surface area contributed by atoms with E-state index in [1.807, 2.05) is 0 Å². The van der Waals surface area contributed by atoms with Gasteiger partial charge >= 0.3 is 17.8 Å². The SMILES string of the molecule is CCOC(=O)COc1ncccc1Sc1cc(-n2c(=O)cc(C(F)(F)F)n(N)c2=O)c(F)cc1[N+](=O)[O-]. The highest BCUT2D eigenvalue weighted by atomic mass is 32.2. The molecule has 0 fully saturated rings. The average molecular weight is 545 g/mol. The molecule has 0 saturated carbocycles. The van der Waals surface area contributed by atoms with E-state index in [-0.39, 0.29) is 32.9 Å². The van der Waals surface area contributed by atoms with E-state index >= 15 is 0 Å². The Morgan fingerprint density at radius 2 is 1.95 bits per heavy atom. The summed E-state index contributed by atoms with van der Waals surface area (Å²) in [7, 11) is 0. The van der Waals surface area contributed by atoms with Gasteiger partial charge in [-0.25, -0.2) is 28.2 Å². The Hall–Kier alpha value is -4.41. The van der Waals surface area contributed by atoms with E-state index in [9.17, 15) is 42.1 Å². The number of nitrogen functional groups attached to an aromatic ring is 1. The Morgan fingerprint density at radius 3 is 2.57 bits per heavy atom. The van der Waals surface area contributed by atoms with Gasteiger partial charge in [0.15, 0.2) is 18.1 Å². The number of nitro groups is 1. The molecule has 0 aliphatic heterocycles. The molecule has 0 radical (unpaired) electrons. The lowest BCUT2D eigenvalue weighted by molar-refractivity contribution is -0.387. The first-order valence-corrected chi connectivity index (χ1v) is 10.8. The summed E-state index contributed by atoms with van der Waals surface area (Å²) in [6.45, 7) is 1.11. The molecule has 0 atom stereocenters. The number of rotatable bonds is 8.